The summed E-state index contributed by atoms with van der Waals surface area (Å²) in [5.41, 5.74) is 2.55. The van der Waals surface area contributed by atoms with E-state index in [1.807, 2.05) is 0 Å². The minimum atomic E-state index is 0.257. The number of aliphatic hydroxyl groups excluding tert-OH is 1. The number of rotatable bonds is 8. The molecule has 0 aromatic heterocycles. The molecule has 0 spiro atoms. The van der Waals surface area contributed by atoms with Crippen LogP contribution >= 0.6 is 0 Å². The fourth-order valence-electron chi connectivity index (χ4n) is 1.88. The highest BCUT2D eigenvalue weighted by atomic mass is 16.3. The molecule has 0 aliphatic carbocycles. The summed E-state index contributed by atoms with van der Waals surface area (Å²) in [6, 6.07) is 9.19. The Morgan fingerprint density at radius 1 is 1.22 bits per heavy atom. The number of anilines is 1. The molecule has 102 valence electrons. The van der Waals surface area contributed by atoms with Crippen molar-refractivity contribution in [2.45, 2.75) is 39.8 Å². The van der Waals surface area contributed by atoms with Gasteiger partial charge in [0, 0.05) is 38.0 Å². The van der Waals surface area contributed by atoms with Crippen molar-refractivity contribution in [1.29, 1.82) is 0 Å². The molecule has 1 aromatic carbocycles. The van der Waals surface area contributed by atoms with E-state index in [-0.39, 0.29) is 6.61 Å². The van der Waals surface area contributed by atoms with E-state index in [1.54, 1.807) is 0 Å². The highest BCUT2D eigenvalue weighted by molar-refractivity contribution is 5.47. The van der Waals surface area contributed by atoms with Crippen LogP contribution in [0.2, 0.25) is 0 Å². The Bertz CT molecular complexity index is 322. The molecule has 18 heavy (non-hydrogen) atoms. The van der Waals surface area contributed by atoms with Crippen LogP contribution in [0.1, 0.15) is 32.8 Å². The van der Waals surface area contributed by atoms with Crippen molar-refractivity contribution in [1.82, 2.24) is 5.32 Å². The Labute approximate surface area is 111 Å². The van der Waals surface area contributed by atoms with Gasteiger partial charge in [0.1, 0.15) is 0 Å². The lowest BCUT2D eigenvalue weighted by Gasteiger charge is -2.23. The van der Waals surface area contributed by atoms with Crippen molar-refractivity contribution < 1.29 is 5.11 Å². The molecule has 0 saturated heterocycles. The second-order valence-corrected chi connectivity index (χ2v) is 4.86. The molecule has 0 aliphatic rings. The van der Waals surface area contributed by atoms with Crippen molar-refractivity contribution in [2.75, 3.05) is 24.6 Å². The second kappa shape index (κ2) is 8.11. The van der Waals surface area contributed by atoms with Crippen LogP contribution < -0.4 is 10.2 Å². The Morgan fingerprint density at radius 2 is 1.89 bits per heavy atom. The number of nitrogens with zero attached hydrogens (tertiary/aromatic N) is 1. The van der Waals surface area contributed by atoms with Crippen LogP contribution in [0.25, 0.3) is 0 Å². The van der Waals surface area contributed by atoms with Crippen LogP contribution in [0.4, 0.5) is 5.69 Å². The maximum atomic E-state index is 8.89. The summed E-state index contributed by atoms with van der Waals surface area (Å²) in [6.07, 6.45) is 0.824. The number of aliphatic hydroxyl groups is 1. The normalized spacial score (nSPS) is 10.9. The highest BCUT2D eigenvalue weighted by Crippen LogP contribution is 2.15. The molecule has 0 fully saturated rings. The van der Waals surface area contributed by atoms with E-state index in [9.17, 15) is 0 Å². The molecule has 3 heteroatoms. The lowest BCUT2D eigenvalue weighted by Crippen LogP contribution is -2.25. The Morgan fingerprint density at radius 3 is 2.39 bits per heavy atom. The van der Waals surface area contributed by atoms with E-state index in [2.05, 4.69) is 55.3 Å². The average Bonchev–Trinajstić information content (AvgIpc) is 2.38. The summed E-state index contributed by atoms with van der Waals surface area (Å²) in [7, 11) is 0. The number of hydrogen-bond acceptors (Lipinski definition) is 3. The van der Waals surface area contributed by atoms with Gasteiger partial charge in [-0.3, -0.25) is 0 Å². The number of hydrogen-bond donors (Lipinski definition) is 2. The molecule has 0 amide bonds. The third-order valence-electron chi connectivity index (χ3n) is 2.98. The van der Waals surface area contributed by atoms with Crippen LogP contribution in [-0.2, 0) is 6.54 Å². The average molecular weight is 250 g/mol. The Kier molecular flexibility index (Phi) is 6.76. The van der Waals surface area contributed by atoms with Gasteiger partial charge in [0.15, 0.2) is 0 Å². The van der Waals surface area contributed by atoms with E-state index in [1.165, 1.54) is 11.3 Å². The van der Waals surface area contributed by atoms with Crippen LogP contribution in [0.3, 0.4) is 0 Å². The van der Waals surface area contributed by atoms with Gasteiger partial charge < -0.3 is 15.3 Å². The first-order valence-corrected chi connectivity index (χ1v) is 6.85. The standard InChI is InChI=1S/C15H26N2O/c1-4-17(10-5-11-18)15-8-6-14(7-9-15)12-16-13(2)3/h6-9,13,16,18H,4-5,10-12H2,1-3H3. The largest absolute Gasteiger partial charge is 0.396 e. The van der Waals surface area contributed by atoms with Gasteiger partial charge in [-0.2, -0.15) is 0 Å². The van der Waals surface area contributed by atoms with Gasteiger partial charge in [-0.25, -0.2) is 0 Å². The summed E-state index contributed by atoms with van der Waals surface area (Å²) in [5, 5.41) is 12.3. The molecule has 0 unspecified atom stereocenters. The molecule has 3 nitrogen and oxygen atoms in total. The predicted octanol–water partition coefficient (Wildman–Crippen LogP) is 2.39. The van der Waals surface area contributed by atoms with Gasteiger partial charge in [-0.1, -0.05) is 26.0 Å². The molecule has 0 atom stereocenters. The quantitative estimate of drug-likeness (QED) is 0.743. The van der Waals surface area contributed by atoms with Gasteiger partial charge in [0.2, 0.25) is 0 Å². The predicted molar refractivity (Wildman–Crippen MR) is 78.0 cm³/mol. The summed E-state index contributed by atoms with van der Waals surface area (Å²) in [6.45, 7) is 9.52. The molecular weight excluding hydrogens is 224 g/mol. The summed E-state index contributed by atoms with van der Waals surface area (Å²) in [5.74, 6) is 0. The van der Waals surface area contributed by atoms with Gasteiger partial charge in [0.25, 0.3) is 0 Å². The maximum Gasteiger partial charge on any atom is 0.0447 e. The SMILES string of the molecule is CCN(CCCO)c1ccc(CNC(C)C)cc1. The van der Waals surface area contributed by atoms with Crippen molar-refractivity contribution in [2.24, 2.45) is 0 Å². The minimum absolute atomic E-state index is 0.257. The first-order valence-electron chi connectivity index (χ1n) is 6.85. The van der Waals surface area contributed by atoms with Crippen molar-refractivity contribution in [3.8, 4) is 0 Å². The number of nitrogens with one attached hydrogen (secondary N) is 1. The molecule has 2 N–H and O–H groups in total. The molecule has 0 saturated carbocycles. The first-order chi connectivity index (χ1) is 8.67. The summed E-state index contributed by atoms with van der Waals surface area (Å²) >= 11 is 0. The van der Waals surface area contributed by atoms with E-state index >= 15 is 0 Å². The maximum absolute atomic E-state index is 8.89. The zero-order valence-corrected chi connectivity index (χ0v) is 11.8. The second-order valence-electron chi connectivity index (χ2n) is 4.86. The van der Waals surface area contributed by atoms with Crippen molar-refractivity contribution in [3.05, 3.63) is 29.8 Å². The van der Waals surface area contributed by atoms with E-state index < -0.39 is 0 Å². The van der Waals surface area contributed by atoms with Gasteiger partial charge in [-0.05, 0) is 31.0 Å². The Hall–Kier alpha value is -1.06. The molecular formula is C15H26N2O. The van der Waals surface area contributed by atoms with Crippen molar-refractivity contribution in [3.63, 3.8) is 0 Å². The fourth-order valence-corrected chi connectivity index (χ4v) is 1.88. The third kappa shape index (κ3) is 5.07. The van der Waals surface area contributed by atoms with Crippen molar-refractivity contribution >= 4 is 5.69 Å². The third-order valence-corrected chi connectivity index (χ3v) is 2.98. The molecule has 0 aliphatic heterocycles. The van der Waals surface area contributed by atoms with Crippen LogP contribution in [0.15, 0.2) is 24.3 Å². The molecule has 0 bridgehead atoms. The van der Waals surface area contributed by atoms with E-state index in [4.69, 9.17) is 5.11 Å². The molecule has 1 aromatic rings. The Balaban J connectivity index is 2.57. The zero-order chi connectivity index (χ0) is 13.4. The monoisotopic (exact) mass is 250 g/mol. The van der Waals surface area contributed by atoms with E-state index in [0.29, 0.717) is 6.04 Å². The first kappa shape index (κ1) is 15.0. The zero-order valence-electron chi connectivity index (χ0n) is 11.8. The summed E-state index contributed by atoms with van der Waals surface area (Å²) in [4.78, 5) is 2.29. The minimum Gasteiger partial charge on any atom is -0.396 e. The lowest BCUT2D eigenvalue weighted by atomic mass is 10.2. The van der Waals surface area contributed by atoms with Crippen LogP contribution in [0, 0.1) is 0 Å². The van der Waals surface area contributed by atoms with Gasteiger partial charge in [-0.15, -0.1) is 0 Å². The molecule has 0 radical (unpaired) electrons. The lowest BCUT2D eigenvalue weighted by molar-refractivity contribution is 0.289. The highest BCUT2D eigenvalue weighted by Gasteiger charge is 2.03. The fraction of sp³-hybridized carbons (Fsp3) is 0.600. The van der Waals surface area contributed by atoms with Gasteiger partial charge in [0.05, 0.1) is 0 Å². The summed E-state index contributed by atoms with van der Waals surface area (Å²) < 4.78 is 0. The number of benzene rings is 1. The molecule has 1 rings (SSSR count). The molecule has 0 heterocycles. The van der Waals surface area contributed by atoms with Gasteiger partial charge >= 0.3 is 0 Å². The van der Waals surface area contributed by atoms with Crippen LogP contribution in [0.5, 0.6) is 0 Å². The van der Waals surface area contributed by atoms with Crippen LogP contribution in [-0.4, -0.2) is 30.8 Å². The smallest absolute Gasteiger partial charge is 0.0447 e. The van der Waals surface area contributed by atoms with E-state index in [0.717, 1.165) is 26.1 Å². The topological polar surface area (TPSA) is 35.5 Å².